The van der Waals surface area contributed by atoms with Crippen LogP contribution in [0.1, 0.15) is 27.7 Å². The SMILES string of the molecule is CC1(C)OC(=CC=Nc2ccc(-c3ccccc3)cc2)OC1(C)C. The van der Waals surface area contributed by atoms with Crippen molar-refractivity contribution in [3.05, 3.63) is 66.6 Å². The van der Waals surface area contributed by atoms with Gasteiger partial charge in [-0.2, -0.15) is 0 Å². The van der Waals surface area contributed by atoms with Gasteiger partial charge < -0.3 is 9.47 Å². The van der Waals surface area contributed by atoms with E-state index in [1.165, 1.54) is 11.1 Å². The zero-order chi connectivity index (χ0) is 17.2. The van der Waals surface area contributed by atoms with E-state index in [2.05, 4.69) is 29.3 Å². The molecule has 0 aromatic heterocycles. The second kappa shape index (κ2) is 6.16. The summed E-state index contributed by atoms with van der Waals surface area (Å²) in [5, 5.41) is 0. The summed E-state index contributed by atoms with van der Waals surface area (Å²) in [6.07, 6.45) is 3.48. The maximum atomic E-state index is 5.83. The zero-order valence-electron chi connectivity index (χ0n) is 14.6. The molecule has 0 spiro atoms. The fourth-order valence-electron chi connectivity index (χ4n) is 2.39. The first-order chi connectivity index (χ1) is 11.4. The molecule has 3 heteroatoms. The van der Waals surface area contributed by atoms with E-state index in [1.54, 1.807) is 12.3 Å². The number of allylic oxidation sites excluding steroid dienone is 1. The van der Waals surface area contributed by atoms with Crippen LogP contribution >= 0.6 is 0 Å². The van der Waals surface area contributed by atoms with E-state index in [0.717, 1.165) is 5.69 Å². The molecule has 1 fully saturated rings. The van der Waals surface area contributed by atoms with Crippen LogP contribution in [0.4, 0.5) is 5.69 Å². The highest BCUT2D eigenvalue weighted by molar-refractivity contribution is 5.75. The minimum absolute atomic E-state index is 0.357. The van der Waals surface area contributed by atoms with Gasteiger partial charge in [0.2, 0.25) is 0 Å². The molecule has 0 N–H and O–H groups in total. The van der Waals surface area contributed by atoms with Crippen LogP contribution in [-0.4, -0.2) is 17.4 Å². The van der Waals surface area contributed by atoms with Crippen LogP contribution in [-0.2, 0) is 9.47 Å². The van der Waals surface area contributed by atoms with Gasteiger partial charge in [-0.3, -0.25) is 4.99 Å². The number of ether oxygens (including phenoxy) is 2. The molecule has 0 aliphatic carbocycles. The normalized spacial score (nSPS) is 18.2. The van der Waals surface area contributed by atoms with Crippen LogP contribution in [0.5, 0.6) is 0 Å². The fourth-order valence-corrected chi connectivity index (χ4v) is 2.39. The molecule has 0 saturated carbocycles. The Morgan fingerprint density at radius 2 is 1.29 bits per heavy atom. The van der Waals surface area contributed by atoms with Gasteiger partial charge in [0.1, 0.15) is 11.2 Å². The molecule has 2 aromatic rings. The second-order valence-corrected chi connectivity index (χ2v) is 6.90. The molecular formula is C21H23NO2. The Balaban J connectivity index is 1.69. The van der Waals surface area contributed by atoms with Crippen molar-refractivity contribution < 1.29 is 9.47 Å². The molecule has 24 heavy (non-hydrogen) atoms. The maximum Gasteiger partial charge on any atom is 0.282 e. The summed E-state index contributed by atoms with van der Waals surface area (Å²) in [5.41, 5.74) is 2.56. The van der Waals surface area contributed by atoms with Crippen molar-refractivity contribution >= 4 is 11.9 Å². The quantitative estimate of drug-likeness (QED) is 0.699. The lowest BCUT2D eigenvalue weighted by Crippen LogP contribution is -2.41. The van der Waals surface area contributed by atoms with Gasteiger partial charge in [0, 0.05) is 12.3 Å². The molecule has 124 valence electrons. The van der Waals surface area contributed by atoms with E-state index in [-0.39, 0.29) is 11.2 Å². The lowest BCUT2D eigenvalue weighted by Gasteiger charge is -2.28. The average molecular weight is 321 g/mol. The minimum atomic E-state index is -0.357. The molecule has 2 aromatic carbocycles. The molecule has 0 radical (unpaired) electrons. The van der Waals surface area contributed by atoms with Crippen molar-refractivity contribution in [3.8, 4) is 11.1 Å². The first-order valence-corrected chi connectivity index (χ1v) is 8.15. The lowest BCUT2D eigenvalue weighted by atomic mass is 9.90. The van der Waals surface area contributed by atoms with Crippen molar-refractivity contribution in [3.63, 3.8) is 0 Å². The van der Waals surface area contributed by atoms with Crippen LogP contribution in [0, 0.1) is 0 Å². The number of aliphatic imine (C=N–C) groups is 1. The summed E-state index contributed by atoms with van der Waals surface area (Å²) >= 11 is 0. The number of hydrogen-bond donors (Lipinski definition) is 0. The molecule has 0 unspecified atom stereocenters. The molecule has 3 nitrogen and oxygen atoms in total. The standard InChI is InChI=1S/C21H23NO2/c1-20(2)21(3,4)24-19(23-20)14-15-22-18-12-10-17(11-13-18)16-8-6-5-7-9-16/h5-15H,1-4H3. The predicted molar refractivity (Wildman–Crippen MR) is 98.4 cm³/mol. The Morgan fingerprint density at radius 3 is 1.88 bits per heavy atom. The molecule has 1 aliphatic heterocycles. The van der Waals surface area contributed by atoms with Crippen molar-refractivity contribution in [2.24, 2.45) is 4.99 Å². The van der Waals surface area contributed by atoms with Crippen molar-refractivity contribution in [1.82, 2.24) is 0 Å². The number of hydrogen-bond acceptors (Lipinski definition) is 3. The third kappa shape index (κ3) is 3.35. The molecule has 1 aliphatic rings. The molecule has 1 saturated heterocycles. The van der Waals surface area contributed by atoms with Gasteiger partial charge in [0.25, 0.3) is 5.95 Å². The first kappa shape index (κ1) is 16.3. The lowest BCUT2D eigenvalue weighted by molar-refractivity contribution is 0.00578. The fraction of sp³-hybridized carbons (Fsp3) is 0.286. The summed E-state index contributed by atoms with van der Waals surface area (Å²) in [6, 6.07) is 18.4. The summed E-state index contributed by atoms with van der Waals surface area (Å²) in [5.74, 6) is 0.509. The molecular weight excluding hydrogens is 298 g/mol. The Labute approximate surface area is 143 Å². The zero-order valence-corrected chi connectivity index (χ0v) is 14.6. The monoisotopic (exact) mass is 321 g/mol. The van der Waals surface area contributed by atoms with E-state index in [1.807, 2.05) is 58.0 Å². The number of rotatable bonds is 3. The summed E-state index contributed by atoms with van der Waals surface area (Å²) < 4.78 is 11.7. The van der Waals surface area contributed by atoms with E-state index < -0.39 is 0 Å². The van der Waals surface area contributed by atoms with Crippen LogP contribution in [0.3, 0.4) is 0 Å². The summed E-state index contributed by atoms with van der Waals surface area (Å²) in [7, 11) is 0. The van der Waals surface area contributed by atoms with E-state index in [9.17, 15) is 0 Å². The molecule has 0 atom stereocenters. The van der Waals surface area contributed by atoms with Gasteiger partial charge >= 0.3 is 0 Å². The third-order valence-electron chi connectivity index (χ3n) is 4.57. The Kier molecular flexibility index (Phi) is 4.18. The Bertz CT molecular complexity index is 738. The molecule has 3 rings (SSSR count). The van der Waals surface area contributed by atoms with Gasteiger partial charge in [0.15, 0.2) is 0 Å². The highest BCUT2D eigenvalue weighted by Crippen LogP contribution is 2.39. The Morgan fingerprint density at radius 1 is 0.750 bits per heavy atom. The average Bonchev–Trinajstić information content (AvgIpc) is 2.76. The Hall–Kier alpha value is -2.55. The van der Waals surface area contributed by atoms with Gasteiger partial charge in [-0.15, -0.1) is 0 Å². The van der Waals surface area contributed by atoms with Gasteiger partial charge in [-0.25, -0.2) is 0 Å². The summed E-state index contributed by atoms with van der Waals surface area (Å²) in [6.45, 7) is 8.08. The van der Waals surface area contributed by atoms with E-state index in [0.29, 0.717) is 5.95 Å². The van der Waals surface area contributed by atoms with E-state index >= 15 is 0 Å². The smallest absolute Gasteiger partial charge is 0.282 e. The largest absolute Gasteiger partial charge is 0.455 e. The molecule has 0 bridgehead atoms. The first-order valence-electron chi connectivity index (χ1n) is 8.15. The summed E-state index contributed by atoms with van der Waals surface area (Å²) in [4.78, 5) is 4.44. The second-order valence-electron chi connectivity index (χ2n) is 6.90. The predicted octanol–water partition coefficient (Wildman–Crippen LogP) is 5.50. The highest BCUT2D eigenvalue weighted by Gasteiger charge is 2.48. The maximum absolute atomic E-state index is 5.83. The number of benzene rings is 2. The topological polar surface area (TPSA) is 30.8 Å². The van der Waals surface area contributed by atoms with Crippen LogP contribution in [0.2, 0.25) is 0 Å². The third-order valence-corrected chi connectivity index (χ3v) is 4.57. The van der Waals surface area contributed by atoms with Crippen molar-refractivity contribution in [1.29, 1.82) is 0 Å². The number of nitrogens with zero attached hydrogens (tertiary/aromatic N) is 1. The van der Waals surface area contributed by atoms with Gasteiger partial charge in [0.05, 0.1) is 5.69 Å². The van der Waals surface area contributed by atoms with Crippen LogP contribution in [0.25, 0.3) is 11.1 Å². The van der Waals surface area contributed by atoms with Crippen molar-refractivity contribution in [2.75, 3.05) is 0 Å². The minimum Gasteiger partial charge on any atom is -0.455 e. The van der Waals surface area contributed by atoms with Crippen molar-refractivity contribution in [2.45, 2.75) is 38.9 Å². The molecule has 1 heterocycles. The van der Waals surface area contributed by atoms with E-state index in [4.69, 9.17) is 9.47 Å². The van der Waals surface area contributed by atoms with Gasteiger partial charge in [-0.1, -0.05) is 42.5 Å². The van der Waals surface area contributed by atoms with Crippen LogP contribution < -0.4 is 0 Å². The van der Waals surface area contributed by atoms with Crippen LogP contribution in [0.15, 0.2) is 71.6 Å². The van der Waals surface area contributed by atoms with Gasteiger partial charge in [-0.05, 0) is 51.0 Å². The highest BCUT2D eigenvalue weighted by atomic mass is 16.7. The molecule has 0 amide bonds.